The third-order valence-electron chi connectivity index (χ3n) is 5.04. The minimum absolute atomic E-state index is 0.00154. The number of rotatable bonds is 2. The van der Waals surface area contributed by atoms with Crippen molar-refractivity contribution in [1.29, 1.82) is 0 Å². The second-order valence-corrected chi connectivity index (χ2v) is 6.76. The van der Waals surface area contributed by atoms with Crippen molar-refractivity contribution in [3.63, 3.8) is 0 Å². The first-order chi connectivity index (χ1) is 13.2. The molecule has 1 aliphatic rings. The predicted octanol–water partition coefficient (Wildman–Crippen LogP) is 2.66. The van der Waals surface area contributed by atoms with E-state index in [1.807, 2.05) is 42.4 Å². The van der Waals surface area contributed by atoms with E-state index in [1.54, 1.807) is 10.7 Å². The molecule has 4 aromatic rings. The van der Waals surface area contributed by atoms with E-state index in [9.17, 15) is 4.79 Å². The minimum Gasteiger partial charge on any atom is -0.378 e. The van der Waals surface area contributed by atoms with Crippen LogP contribution in [0, 0.1) is 6.92 Å². The Labute approximate surface area is 155 Å². The number of hydrogen-bond donors (Lipinski definition) is 1. The average molecular weight is 361 g/mol. The molecule has 0 aromatic carbocycles. The topological polar surface area (TPSA) is 75.5 Å². The van der Waals surface area contributed by atoms with E-state index in [0.29, 0.717) is 31.9 Å². The van der Waals surface area contributed by atoms with Crippen LogP contribution in [0.25, 0.3) is 27.7 Å². The molecule has 7 heteroatoms. The lowest BCUT2D eigenvalue weighted by atomic mass is 10.1. The Bertz CT molecular complexity index is 1150. The smallest absolute Gasteiger partial charge is 0.257 e. The number of aryl methyl sites for hydroxylation is 1. The summed E-state index contributed by atoms with van der Waals surface area (Å²) in [7, 11) is 0. The van der Waals surface area contributed by atoms with Gasteiger partial charge < -0.3 is 14.6 Å². The largest absolute Gasteiger partial charge is 0.378 e. The summed E-state index contributed by atoms with van der Waals surface area (Å²) in [5.41, 5.74) is 5.34. The zero-order chi connectivity index (χ0) is 18.4. The third kappa shape index (κ3) is 2.67. The molecule has 5 rings (SSSR count). The molecule has 0 spiro atoms. The molecule has 0 saturated carbocycles. The van der Waals surface area contributed by atoms with Crippen LogP contribution >= 0.6 is 0 Å². The standard InChI is InChI=1S/C20H19N5O2/c1-13-2-3-15-16(11-21-19(15)23-13)14-4-5-25-18(10-14)17(12-22-25)20(26)24-6-8-27-9-7-24/h2-5,10-12H,6-9H2,1H3,(H,21,23). The first-order valence-electron chi connectivity index (χ1n) is 9.00. The zero-order valence-electron chi connectivity index (χ0n) is 15.0. The van der Waals surface area contributed by atoms with E-state index in [-0.39, 0.29) is 5.91 Å². The number of ether oxygens (including phenoxy) is 1. The molecule has 0 bridgehead atoms. The quantitative estimate of drug-likeness (QED) is 0.596. The van der Waals surface area contributed by atoms with Gasteiger partial charge in [-0.15, -0.1) is 0 Å². The van der Waals surface area contributed by atoms with Gasteiger partial charge in [0.15, 0.2) is 0 Å². The van der Waals surface area contributed by atoms with E-state index in [1.165, 1.54) is 0 Å². The number of nitrogens with one attached hydrogen (secondary N) is 1. The van der Waals surface area contributed by atoms with E-state index in [4.69, 9.17) is 4.74 Å². The van der Waals surface area contributed by atoms with Gasteiger partial charge in [-0.3, -0.25) is 4.79 Å². The average Bonchev–Trinajstić information content (AvgIpc) is 3.31. The Kier molecular flexibility index (Phi) is 3.68. The summed E-state index contributed by atoms with van der Waals surface area (Å²) in [6, 6.07) is 8.10. The monoisotopic (exact) mass is 361 g/mol. The van der Waals surface area contributed by atoms with Crippen LogP contribution in [0.1, 0.15) is 16.1 Å². The highest BCUT2D eigenvalue weighted by Crippen LogP contribution is 2.29. The number of pyridine rings is 2. The van der Waals surface area contributed by atoms with Crippen LogP contribution in [0.2, 0.25) is 0 Å². The van der Waals surface area contributed by atoms with Crippen molar-refractivity contribution in [2.24, 2.45) is 0 Å². The number of H-pyrrole nitrogens is 1. The van der Waals surface area contributed by atoms with Gasteiger partial charge in [0.1, 0.15) is 5.65 Å². The Balaban J connectivity index is 1.59. The lowest BCUT2D eigenvalue weighted by Crippen LogP contribution is -2.40. The van der Waals surface area contributed by atoms with Crippen molar-refractivity contribution in [3.8, 4) is 11.1 Å². The van der Waals surface area contributed by atoms with Gasteiger partial charge in [0.2, 0.25) is 0 Å². The SMILES string of the molecule is Cc1ccc2c(-c3ccn4ncc(C(=O)N5CCOCC5)c4c3)c[nH]c2n1. The van der Waals surface area contributed by atoms with Gasteiger partial charge >= 0.3 is 0 Å². The molecule has 1 saturated heterocycles. The maximum absolute atomic E-state index is 12.9. The van der Waals surface area contributed by atoms with Crippen molar-refractivity contribution < 1.29 is 9.53 Å². The van der Waals surface area contributed by atoms with E-state index < -0.39 is 0 Å². The van der Waals surface area contributed by atoms with Crippen LogP contribution in [0.4, 0.5) is 0 Å². The summed E-state index contributed by atoms with van der Waals surface area (Å²) in [5, 5.41) is 5.41. The first kappa shape index (κ1) is 16.0. The molecule has 1 fully saturated rings. The highest BCUT2D eigenvalue weighted by Gasteiger charge is 2.22. The molecular formula is C20H19N5O2. The van der Waals surface area contributed by atoms with Gasteiger partial charge in [0, 0.05) is 42.1 Å². The van der Waals surface area contributed by atoms with Crippen molar-refractivity contribution in [1.82, 2.24) is 24.5 Å². The molecule has 0 aliphatic carbocycles. The minimum atomic E-state index is 0.00154. The van der Waals surface area contributed by atoms with E-state index >= 15 is 0 Å². The Morgan fingerprint density at radius 3 is 2.93 bits per heavy atom. The van der Waals surface area contributed by atoms with Crippen LogP contribution in [0.5, 0.6) is 0 Å². The molecule has 0 unspecified atom stereocenters. The van der Waals surface area contributed by atoms with Gasteiger partial charge in [0.05, 0.1) is 30.5 Å². The molecule has 27 heavy (non-hydrogen) atoms. The maximum Gasteiger partial charge on any atom is 0.257 e. The number of carbonyl (C=O) groups is 1. The summed E-state index contributed by atoms with van der Waals surface area (Å²) in [5.74, 6) is 0.00154. The lowest BCUT2D eigenvalue weighted by Gasteiger charge is -2.26. The summed E-state index contributed by atoms with van der Waals surface area (Å²) < 4.78 is 7.09. The molecule has 5 heterocycles. The lowest BCUT2D eigenvalue weighted by molar-refractivity contribution is 0.0304. The molecule has 1 aliphatic heterocycles. The third-order valence-corrected chi connectivity index (χ3v) is 5.04. The fraction of sp³-hybridized carbons (Fsp3) is 0.250. The summed E-state index contributed by atoms with van der Waals surface area (Å²) in [6.45, 7) is 4.37. The summed E-state index contributed by atoms with van der Waals surface area (Å²) in [6.07, 6.45) is 5.50. The Morgan fingerprint density at radius 1 is 1.22 bits per heavy atom. The predicted molar refractivity (Wildman–Crippen MR) is 102 cm³/mol. The molecule has 4 aromatic heterocycles. The normalized spacial score (nSPS) is 14.9. The fourth-order valence-corrected chi connectivity index (χ4v) is 3.59. The van der Waals surface area contributed by atoms with Gasteiger partial charge in [-0.05, 0) is 36.8 Å². The molecule has 1 amide bonds. The Morgan fingerprint density at radius 2 is 2.07 bits per heavy atom. The van der Waals surface area contributed by atoms with Crippen molar-refractivity contribution in [2.45, 2.75) is 6.92 Å². The maximum atomic E-state index is 12.9. The van der Waals surface area contributed by atoms with Gasteiger partial charge in [-0.2, -0.15) is 5.10 Å². The summed E-state index contributed by atoms with van der Waals surface area (Å²) in [4.78, 5) is 22.5. The van der Waals surface area contributed by atoms with Crippen molar-refractivity contribution >= 4 is 22.5 Å². The number of aromatic nitrogens is 4. The highest BCUT2D eigenvalue weighted by atomic mass is 16.5. The second-order valence-electron chi connectivity index (χ2n) is 6.76. The van der Waals surface area contributed by atoms with Gasteiger partial charge in [-0.1, -0.05) is 0 Å². The molecule has 1 N–H and O–H groups in total. The molecule has 136 valence electrons. The zero-order valence-corrected chi connectivity index (χ0v) is 15.0. The van der Waals surface area contributed by atoms with Crippen LogP contribution in [0.3, 0.4) is 0 Å². The molecular weight excluding hydrogens is 342 g/mol. The van der Waals surface area contributed by atoms with Gasteiger partial charge in [0.25, 0.3) is 5.91 Å². The Hall–Kier alpha value is -3.19. The number of fused-ring (bicyclic) bond motifs is 2. The second kappa shape index (κ2) is 6.21. The van der Waals surface area contributed by atoms with Crippen molar-refractivity contribution in [2.75, 3.05) is 26.3 Å². The number of nitrogens with zero attached hydrogens (tertiary/aromatic N) is 4. The number of morpholine rings is 1. The molecule has 0 atom stereocenters. The van der Waals surface area contributed by atoms with Gasteiger partial charge in [-0.25, -0.2) is 9.50 Å². The number of amides is 1. The van der Waals surface area contributed by atoms with Crippen LogP contribution in [0.15, 0.2) is 42.9 Å². The van der Waals surface area contributed by atoms with Crippen LogP contribution in [-0.4, -0.2) is 56.7 Å². The number of aromatic amines is 1. The summed E-state index contributed by atoms with van der Waals surface area (Å²) >= 11 is 0. The van der Waals surface area contributed by atoms with Crippen molar-refractivity contribution in [3.05, 3.63) is 54.1 Å². The number of carbonyl (C=O) groups excluding carboxylic acids is 1. The molecule has 7 nitrogen and oxygen atoms in total. The van der Waals surface area contributed by atoms with E-state index in [2.05, 4.69) is 21.1 Å². The first-order valence-corrected chi connectivity index (χ1v) is 9.00. The number of hydrogen-bond acceptors (Lipinski definition) is 4. The fourth-order valence-electron chi connectivity index (χ4n) is 3.59. The highest BCUT2D eigenvalue weighted by molar-refractivity contribution is 6.02. The van der Waals surface area contributed by atoms with E-state index in [0.717, 1.165) is 33.4 Å². The molecule has 0 radical (unpaired) electrons. The van der Waals surface area contributed by atoms with Crippen LogP contribution < -0.4 is 0 Å². The van der Waals surface area contributed by atoms with Crippen LogP contribution in [-0.2, 0) is 4.74 Å².